The van der Waals surface area contributed by atoms with Crippen molar-refractivity contribution in [2.75, 3.05) is 4.72 Å². The highest BCUT2D eigenvalue weighted by Crippen LogP contribution is 2.27. The Morgan fingerprint density at radius 3 is 2.59 bits per heavy atom. The van der Waals surface area contributed by atoms with Gasteiger partial charge in [-0.3, -0.25) is 4.72 Å². The number of imidazole rings is 1. The highest BCUT2D eigenvalue weighted by molar-refractivity contribution is 7.91. The molecule has 0 radical (unpaired) electrons. The quantitative estimate of drug-likeness (QED) is 0.520. The molecule has 4 aromatic rings. The summed E-state index contributed by atoms with van der Waals surface area (Å²) in [5.74, 6) is -0.972. The van der Waals surface area contributed by atoms with Gasteiger partial charge in [0.05, 0.1) is 17.1 Å². The number of sulfonamides is 1. The van der Waals surface area contributed by atoms with Gasteiger partial charge >= 0.3 is 0 Å². The summed E-state index contributed by atoms with van der Waals surface area (Å²) in [4.78, 5) is 4.67. The van der Waals surface area contributed by atoms with E-state index >= 15 is 0 Å². The lowest BCUT2D eigenvalue weighted by atomic mass is 10.1. The molecule has 4 rings (SSSR count). The van der Waals surface area contributed by atoms with Gasteiger partial charge in [-0.05, 0) is 43.2 Å². The first-order chi connectivity index (χ1) is 13.8. The van der Waals surface area contributed by atoms with Crippen LogP contribution in [-0.2, 0) is 15.8 Å². The van der Waals surface area contributed by atoms with Crippen molar-refractivity contribution >= 4 is 21.4 Å². The summed E-state index contributed by atoms with van der Waals surface area (Å²) in [7, 11) is -3.78. The number of aromatic nitrogens is 2. The number of hydrogen-bond acceptors (Lipinski definition) is 3. The van der Waals surface area contributed by atoms with E-state index in [-0.39, 0.29) is 5.56 Å². The molecule has 2 heterocycles. The van der Waals surface area contributed by atoms with Gasteiger partial charge in [-0.25, -0.2) is 17.8 Å². The second-order valence-electron chi connectivity index (χ2n) is 7.03. The number of fused-ring (bicyclic) bond motifs is 1. The van der Waals surface area contributed by atoms with E-state index in [1.165, 1.54) is 18.2 Å². The van der Waals surface area contributed by atoms with Crippen LogP contribution in [0.3, 0.4) is 0 Å². The molecule has 0 aliphatic carbocycles. The first-order valence-electron chi connectivity index (χ1n) is 9.12. The summed E-state index contributed by atoms with van der Waals surface area (Å²) in [5.41, 5.74) is 4.79. The second kappa shape index (κ2) is 7.33. The van der Waals surface area contributed by atoms with E-state index in [1.807, 2.05) is 54.9 Å². The topological polar surface area (TPSA) is 63.5 Å². The van der Waals surface area contributed by atoms with Gasteiger partial charge in [0.1, 0.15) is 11.5 Å². The third-order valence-electron chi connectivity index (χ3n) is 4.78. The molecule has 0 amide bonds. The van der Waals surface area contributed by atoms with Gasteiger partial charge in [-0.15, -0.1) is 0 Å². The van der Waals surface area contributed by atoms with E-state index in [9.17, 15) is 12.8 Å². The number of halogens is 1. The Balaban J connectivity index is 1.66. The molecule has 2 aromatic carbocycles. The summed E-state index contributed by atoms with van der Waals surface area (Å²) in [6.07, 6.45) is 3.83. The molecule has 0 unspecified atom stereocenters. The number of hydrogen-bond donors (Lipinski definition) is 1. The van der Waals surface area contributed by atoms with Crippen LogP contribution >= 0.6 is 0 Å². The maximum atomic E-state index is 13.9. The van der Waals surface area contributed by atoms with Gasteiger partial charge < -0.3 is 4.40 Å². The Kier molecular flexibility index (Phi) is 4.84. The Morgan fingerprint density at radius 2 is 1.83 bits per heavy atom. The lowest BCUT2D eigenvalue weighted by molar-refractivity contribution is 0.591. The zero-order valence-corrected chi connectivity index (χ0v) is 16.9. The van der Waals surface area contributed by atoms with E-state index in [0.717, 1.165) is 28.0 Å². The van der Waals surface area contributed by atoms with Crippen LogP contribution in [0.25, 0.3) is 16.9 Å². The number of aryl methyl sites for hydroxylation is 2. The highest BCUT2D eigenvalue weighted by atomic mass is 32.2. The van der Waals surface area contributed by atoms with Gasteiger partial charge in [-0.1, -0.05) is 36.4 Å². The highest BCUT2D eigenvalue weighted by Gasteiger charge is 2.16. The summed E-state index contributed by atoms with van der Waals surface area (Å²) in [6.45, 7) is 3.81. The Hall–Kier alpha value is -3.19. The maximum absolute atomic E-state index is 13.9. The lowest BCUT2D eigenvalue weighted by Crippen LogP contribution is -2.16. The molecule has 0 saturated carbocycles. The summed E-state index contributed by atoms with van der Waals surface area (Å²) in [5, 5.41) is 0. The first-order valence-corrected chi connectivity index (χ1v) is 10.8. The van der Waals surface area contributed by atoms with Gasteiger partial charge in [0, 0.05) is 23.5 Å². The summed E-state index contributed by atoms with van der Waals surface area (Å²) < 4.78 is 43.6. The summed E-state index contributed by atoms with van der Waals surface area (Å²) in [6, 6.07) is 15.3. The maximum Gasteiger partial charge on any atom is 0.237 e. The minimum Gasteiger partial charge on any atom is -0.306 e. The number of pyridine rings is 1. The van der Waals surface area contributed by atoms with Crippen molar-refractivity contribution in [1.29, 1.82) is 0 Å². The molecule has 0 aliphatic rings. The molecule has 0 atom stereocenters. The fourth-order valence-electron chi connectivity index (χ4n) is 3.21. The van der Waals surface area contributed by atoms with Crippen molar-refractivity contribution in [3.05, 3.63) is 89.5 Å². The third-order valence-corrected chi connectivity index (χ3v) is 6.00. The fourth-order valence-corrected chi connectivity index (χ4v) is 4.48. The average molecular weight is 409 g/mol. The smallest absolute Gasteiger partial charge is 0.237 e. The van der Waals surface area contributed by atoms with Crippen molar-refractivity contribution in [1.82, 2.24) is 9.38 Å². The zero-order valence-electron chi connectivity index (χ0n) is 16.1. The van der Waals surface area contributed by atoms with Crippen molar-refractivity contribution in [3.63, 3.8) is 0 Å². The van der Waals surface area contributed by atoms with Crippen LogP contribution in [0.2, 0.25) is 0 Å². The molecule has 0 bridgehead atoms. The van der Waals surface area contributed by atoms with Crippen molar-refractivity contribution in [2.24, 2.45) is 0 Å². The molecule has 7 heteroatoms. The molecule has 1 N–H and O–H groups in total. The Labute approximate surface area is 168 Å². The van der Waals surface area contributed by atoms with Crippen LogP contribution in [0.4, 0.5) is 10.1 Å². The molecule has 0 aliphatic heterocycles. The normalized spacial score (nSPS) is 11.7. The molecule has 0 saturated heterocycles. The van der Waals surface area contributed by atoms with Gasteiger partial charge in [0.2, 0.25) is 10.0 Å². The van der Waals surface area contributed by atoms with E-state index in [0.29, 0.717) is 5.69 Å². The lowest BCUT2D eigenvalue weighted by Gasteiger charge is -2.12. The van der Waals surface area contributed by atoms with E-state index in [4.69, 9.17) is 0 Å². The molecule has 0 spiro atoms. The van der Waals surface area contributed by atoms with Gasteiger partial charge in [0.25, 0.3) is 0 Å². The van der Waals surface area contributed by atoms with Crippen LogP contribution in [0.1, 0.15) is 16.7 Å². The minimum absolute atomic E-state index is 0.129. The van der Waals surface area contributed by atoms with Crippen molar-refractivity contribution in [3.8, 4) is 11.3 Å². The zero-order chi connectivity index (χ0) is 20.6. The summed E-state index contributed by atoms with van der Waals surface area (Å²) >= 11 is 0. The molecule has 29 heavy (non-hydrogen) atoms. The van der Waals surface area contributed by atoms with Gasteiger partial charge in [0.15, 0.2) is 0 Å². The van der Waals surface area contributed by atoms with Crippen LogP contribution in [-0.4, -0.2) is 17.8 Å². The third kappa shape index (κ3) is 4.00. The predicted molar refractivity (Wildman–Crippen MR) is 113 cm³/mol. The first kappa shape index (κ1) is 19.1. The fraction of sp³-hybridized carbons (Fsp3) is 0.136. The Morgan fingerprint density at radius 1 is 1.03 bits per heavy atom. The average Bonchev–Trinajstić information content (AvgIpc) is 3.11. The van der Waals surface area contributed by atoms with Crippen molar-refractivity contribution < 1.29 is 12.8 Å². The van der Waals surface area contributed by atoms with E-state index in [2.05, 4.69) is 9.71 Å². The van der Waals surface area contributed by atoms with Crippen molar-refractivity contribution in [2.45, 2.75) is 19.6 Å². The largest absolute Gasteiger partial charge is 0.306 e. The molecule has 2 aromatic heterocycles. The number of benzene rings is 2. The Bertz CT molecular complexity index is 1310. The molecular weight excluding hydrogens is 389 g/mol. The molecule has 0 fully saturated rings. The SMILES string of the molecule is Cc1ccc(-c2cn3cccc(C)c3n2)cc1NS(=O)(=O)Cc1ccccc1F. The van der Waals surface area contributed by atoms with Crippen LogP contribution in [0, 0.1) is 19.7 Å². The van der Waals surface area contributed by atoms with E-state index in [1.54, 1.807) is 12.1 Å². The minimum atomic E-state index is -3.78. The number of rotatable bonds is 5. The van der Waals surface area contributed by atoms with Crippen LogP contribution in [0.5, 0.6) is 0 Å². The predicted octanol–water partition coefficient (Wildman–Crippen LogP) is 4.70. The monoisotopic (exact) mass is 409 g/mol. The number of nitrogens with one attached hydrogen (secondary N) is 1. The number of nitrogens with zero attached hydrogens (tertiary/aromatic N) is 2. The van der Waals surface area contributed by atoms with E-state index < -0.39 is 21.6 Å². The molecule has 5 nitrogen and oxygen atoms in total. The van der Waals surface area contributed by atoms with Gasteiger partial charge in [-0.2, -0.15) is 0 Å². The second-order valence-corrected chi connectivity index (χ2v) is 8.75. The standard InChI is InChI=1S/C22H20FN3O2S/c1-15-9-10-17(21-13-26-11-5-6-16(2)22(26)24-21)12-20(15)25-29(27,28)14-18-7-3-4-8-19(18)23/h3-13,25H,14H2,1-2H3. The molecular formula is C22H20FN3O2S. The van der Waals surface area contributed by atoms with Crippen LogP contribution in [0.15, 0.2) is 67.0 Å². The van der Waals surface area contributed by atoms with Crippen LogP contribution < -0.4 is 4.72 Å². The molecule has 148 valence electrons. The number of anilines is 1.